The minimum Gasteiger partial charge on any atom is -0.434 e. The normalized spacial score (nSPS) is 19.0. The van der Waals surface area contributed by atoms with Crippen molar-refractivity contribution >= 4 is 22.6 Å². The number of hydrogen-bond donors (Lipinski definition) is 2. The fourth-order valence-corrected chi connectivity index (χ4v) is 5.51. The molecule has 0 radical (unpaired) electrons. The van der Waals surface area contributed by atoms with Crippen molar-refractivity contribution in [1.82, 2.24) is 19.7 Å². The molecule has 0 saturated heterocycles. The number of aliphatic hydroxyl groups is 1. The summed E-state index contributed by atoms with van der Waals surface area (Å²) in [6.45, 7) is -2.27. The van der Waals surface area contributed by atoms with Gasteiger partial charge in [0.2, 0.25) is 0 Å². The number of alkyl halides is 3. The van der Waals surface area contributed by atoms with E-state index in [1.54, 1.807) is 12.4 Å². The summed E-state index contributed by atoms with van der Waals surface area (Å²) in [5.41, 5.74) is 3.15. The molecular formula is C26H25ClF4N4O2. The lowest BCUT2D eigenvalue weighted by atomic mass is 9.91. The Kier molecular flexibility index (Phi) is 7.13. The lowest BCUT2D eigenvalue weighted by molar-refractivity contribution is -0.0506. The molecule has 1 atom stereocenters. The molecule has 196 valence electrons. The first-order valence-electron chi connectivity index (χ1n) is 12.0. The maximum atomic E-state index is 14.5. The first-order valence-corrected chi connectivity index (χ1v) is 12.3. The summed E-state index contributed by atoms with van der Waals surface area (Å²) in [5.74, 6) is -2.44. The number of H-pyrrole nitrogens is 1. The maximum absolute atomic E-state index is 14.5. The van der Waals surface area contributed by atoms with Gasteiger partial charge in [-0.2, -0.15) is 13.9 Å². The Balaban J connectivity index is 1.56. The number of hydrogen-bond acceptors (Lipinski definition) is 4. The van der Waals surface area contributed by atoms with Gasteiger partial charge >= 0.3 is 6.61 Å². The van der Waals surface area contributed by atoms with E-state index in [4.69, 9.17) is 11.6 Å². The molecular weight excluding hydrogens is 512 g/mol. The Morgan fingerprint density at radius 1 is 1.22 bits per heavy atom. The van der Waals surface area contributed by atoms with E-state index < -0.39 is 35.8 Å². The van der Waals surface area contributed by atoms with E-state index in [1.807, 2.05) is 17.7 Å². The first-order chi connectivity index (χ1) is 17.8. The largest absolute Gasteiger partial charge is 0.434 e. The smallest absolute Gasteiger partial charge is 0.387 e. The van der Waals surface area contributed by atoms with Crippen LogP contribution in [0.15, 0.2) is 36.8 Å². The predicted octanol–water partition coefficient (Wildman–Crippen LogP) is 6.71. The van der Waals surface area contributed by atoms with Crippen LogP contribution in [0, 0.1) is 12.7 Å². The van der Waals surface area contributed by atoms with Crippen LogP contribution in [0.1, 0.15) is 54.5 Å². The second-order valence-corrected chi connectivity index (χ2v) is 9.65. The number of aliphatic hydroxyl groups excluding tert-OH is 1. The molecule has 1 aliphatic rings. The number of aromatic nitrogens is 4. The van der Waals surface area contributed by atoms with Gasteiger partial charge in [0, 0.05) is 46.1 Å². The molecule has 2 N–H and O–H groups in total. The third-order valence-corrected chi connectivity index (χ3v) is 7.50. The number of aromatic amines is 1. The van der Waals surface area contributed by atoms with Crippen LogP contribution in [0.2, 0.25) is 5.02 Å². The summed E-state index contributed by atoms with van der Waals surface area (Å²) in [5, 5.41) is 14.5. The number of nitrogens with one attached hydrogen (secondary N) is 1. The molecule has 6 nitrogen and oxygen atoms in total. The molecule has 1 saturated carbocycles. The van der Waals surface area contributed by atoms with Crippen molar-refractivity contribution in [3.05, 3.63) is 64.5 Å². The fraction of sp³-hybridized carbons (Fsp3) is 0.385. The van der Waals surface area contributed by atoms with Gasteiger partial charge in [-0.25, -0.2) is 9.37 Å². The van der Waals surface area contributed by atoms with Crippen LogP contribution in [0.4, 0.5) is 17.6 Å². The van der Waals surface area contributed by atoms with Crippen molar-refractivity contribution in [2.75, 3.05) is 6.67 Å². The summed E-state index contributed by atoms with van der Waals surface area (Å²) < 4.78 is 61.4. The van der Waals surface area contributed by atoms with Crippen LogP contribution in [-0.4, -0.2) is 44.2 Å². The molecule has 3 heterocycles. The van der Waals surface area contributed by atoms with E-state index in [1.165, 1.54) is 6.20 Å². The van der Waals surface area contributed by atoms with Crippen LogP contribution in [-0.2, 0) is 0 Å². The third-order valence-electron chi connectivity index (χ3n) is 7.12. The fourth-order valence-electron chi connectivity index (χ4n) is 5.22. The number of rotatable bonds is 7. The van der Waals surface area contributed by atoms with Crippen molar-refractivity contribution in [2.24, 2.45) is 0 Å². The van der Waals surface area contributed by atoms with Gasteiger partial charge in [-0.1, -0.05) is 11.6 Å². The molecule has 0 unspecified atom stereocenters. The summed E-state index contributed by atoms with van der Waals surface area (Å²) in [7, 11) is 0. The van der Waals surface area contributed by atoms with E-state index in [2.05, 4.69) is 19.8 Å². The van der Waals surface area contributed by atoms with Crippen LogP contribution in [0.5, 0.6) is 5.75 Å². The number of benzene rings is 1. The highest BCUT2D eigenvalue weighted by molar-refractivity contribution is 6.31. The summed E-state index contributed by atoms with van der Waals surface area (Å²) in [4.78, 5) is 7.44. The lowest BCUT2D eigenvalue weighted by Gasteiger charge is -2.26. The molecule has 1 aromatic carbocycles. The van der Waals surface area contributed by atoms with E-state index in [0.29, 0.717) is 16.6 Å². The van der Waals surface area contributed by atoms with Gasteiger partial charge in [0.25, 0.3) is 0 Å². The SMILES string of the molecule is Cc1c(-c2cnc3[nH]cc([C@@H](CF)c4c(OC(F)F)ccc(F)c4Cl)c3c2)cnn1[C@H]1CC[C@H](O)CC1. The molecule has 5 rings (SSSR count). The maximum Gasteiger partial charge on any atom is 0.387 e. The van der Waals surface area contributed by atoms with Crippen molar-refractivity contribution < 1.29 is 27.4 Å². The van der Waals surface area contributed by atoms with Gasteiger partial charge in [-0.3, -0.25) is 9.07 Å². The Bertz CT molecular complexity index is 1420. The number of fused-ring (bicyclic) bond motifs is 1. The standard InChI is InChI=1S/C26H25ClF4N4O2/c1-13-19(12-34-35(13)15-2-4-16(36)5-3-15)14-8-17-20(11-33-25(17)32-10-14)18(9-28)23-22(37-26(30)31)7-6-21(29)24(23)27/h6-8,10-12,15-16,18,26,36H,2-5,9H2,1H3,(H,32,33)/t15-,16-,18-/m1/s1. The lowest BCUT2D eigenvalue weighted by Crippen LogP contribution is -2.22. The Hall–Kier alpha value is -3.11. The second-order valence-electron chi connectivity index (χ2n) is 9.27. The third kappa shape index (κ3) is 4.80. The van der Waals surface area contributed by atoms with Gasteiger partial charge < -0.3 is 14.8 Å². The number of pyridine rings is 1. The summed E-state index contributed by atoms with van der Waals surface area (Å²) in [6.07, 6.45) is 7.78. The van der Waals surface area contributed by atoms with Crippen molar-refractivity contribution in [1.29, 1.82) is 0 Å². The molecule has 11 heteroatoms. The molecule has 37 heavy (non-hydrogen) atoms. The van der Waals surface area contributed by atoms with Crippen LogP contribution in [0.3, 0.4) is 0 Å². The molecule has 0 bridgehead atoms. The van der Waals surface area contributed by atoms with Crippen LogP contribution >= 0.6 is 11.6 Å². The minimum atomic E-state index is -3.19. The summed E-state index contributed by atoms with van der Waals surface area (Å²) in [6, 6.07) is 3.93. The molecule has 4 aromatic rings. The molecule has 0 aliphatic heterocycles. The monoisotopic (exact) mass is 536 g/mol. The van der Waals surface area contributed by atoms with Crippen LogP contribution < -0.4 is 4.74 Å². The molecule has 0 amide bonds. The predicted molar refractivity (Wildman–Crippen MR) is 131 cm³/mol. The number of nitrogens with zero attached hydrogens (tertiary/aromatic N) is 3. The van der Waals surface area contributed by atoms with Gasteiger partial charge in [-0.15, -0.1) is 0 Å². The first kappa shape index (κ1) is 25.5. The quantitative estimate of drug-likeness (QED) is 0.257. The van der Waals surface area contributed by atoms with Gasteiger partial charge in [0.1, 0.15) is 23.9 Å². The van der Waals surface area contributed by atoms with E-state index in [-0.39, 0.29) is 17.7 Å². The van der Waals surface area contributed by atoms with E-state index in [9.17, 15) is 22.7 Å². The molecule has 0 spiro atoms. The Labute approximate surface area is 215 Å². The van der Waals surface area contributed by atoms with Crippen molar-refractivity contribution in [3.8, 4) is 16.9 Å². The zero-order valence-corrected chi connectivity index (χ0v) is 20.7. The highest BCUT2D eigenvalue weighted by atomic mass is 35.5. The molecule has 1 aliphatic carbocycles. The van der Waals surface area contributed by atoms with Crippen molar-refractivity contribution in [2.45, 2.75) is 57.3 Å². The molecule has 1 fully saturated rings. The average Bonchev–Trinajstić information content (AvgIpc) is 3.47. The Morgan fingerprint density at radius 3 is 2.68 bits per heavy atom. The van der Waals surface area contributed by atoms with E-state index in [0.717, 1.165) is 54.6 Å². The minimum absolute atomic E-state index is 0.191. The van der Waals surface area contributed by atoms with Gasteiger partial charge in [-0.05, 0) is 56.4 Å². The zero-order chi connectivity index (χ0) is 26.3. The highest BCUT2D eigenvalue weighted by Crippen LogP contribution is 2.42. The number of halogens is 5. The van der Waals surface area contributed by atoms with Crippen molar-refractivity contribution in [3.63, 3.8) is 0 Å². The summed E-state index contributed by atoms with van der Waals surface area (Å²) >= 11 is 6.14. The number of ether oxygens (including phenoxy) is 1. The molecule has 3 aromatic heterocycles. The Morgan fingerprint density at radius 2 is 1.97 bits per heavy atom. The highest BCUT2D eigenvalue weighted by Gasteiger charge is 2.28. The topological polar surface area (TPSA) is 76.0 Å². The van der Waals surface area contributed by atoms with E-state index >= 15 is 0 Å². The average molecular weight is 537 g/mol. The van der Waals surface area contributed by atoms with Gasteiger partial charge in [0.05, 0.1) is 23.4 Å². The van der Waals surface area contributed by atoms with Crippen LogP contribution in [0.25, 0.3) is 22.2 Å². The zero-order valence-electron chi connectivity index (χ0n) is 19.9. The van der Waals surface area contributed by atoms with Gasteiger partial charge in [0.15, 0.2) is 0 Å². The second kappa shape index (κ2) is 10.3.